The van der Waals surface area contributed by atoms with Crippen molar-refractivity contribution in [1.82, 2.24) is 29.7 Å². The minimum atomic E-state index is -0.646. The Kier molecular flexibility index (Phi) is 5.27. The van der Waals surface area contributed by atoms with Crippen molar-refractivity contribution in [2.24, 2.45) is 0 Å². The summed E-state index contributed by atoms with van der Waals surface area (Å²) in [6.45, 7) is 5.64. The van der Waals surface area contributed by atoms with E-state index in [-0.39, 0.29) is 0 Å². The first-order valence-electron chi connectivity index (χ1n) is 10.6. The second-order valence-electron chi connectivity index (χ2n) is 7.98. The number of rotatable bonds is 5. The van der Waals surface area contributed by atoms with Crippen LogP contribution in [0, 0.1) is 13.8 Å². The number of nitrogens with zero attached hydrogens (tertiary/aromatic N) is 6. The van der Waals surface area contributed by atoms with Crippen LogP contribution >= 0.6 is 0 Å². The van der Waals surface area contributed by atoms with E-state index in [0.29, 0.717) is 5.82 Å². The Morgan fingerprint density at radius 3 is 2.64 bits per heavy atom. The number of benzene rings is 1. The Bertz CT molecular complexity index is 1440. The molecule has 0 radical (unpaired) electrons. The third kappa shape index (κ3) is 4.04. The highest BCUT2D eigenvalue weighted by Gasteiger charge is 2.16. The van der Waals surface area contributed by atoms with Gasteiger partial charge < -0.3 is 10.4 Å². The molecular weight excluding hydrogens is 414 g/mol. The number of hydrogen-bond acceptors (Lipinski definition) is 7. The van der Waals surface area contributed by atoms with Crippen molar-refractivity contribution in [3.8, 4) is 17.1 Å². The van der Waals surface area contributed by atoms with Crippen molar-refractivity contribution in [1.29, 1.82) is 0 Å². The number of aryl methyl sites for hydroxylation is 2. The van der Waals surface area contributed by atoms with Gasteiger partial charge in [-0.05, 0) is 68.8 Å². The molecule has 1 aromatic carbocycles. The molecule has 0 saturated heterocycles. The van der Waals surface area contributed by atoms with Crippen LogP contribution in [0.15, 0.2) is 67.3 Å². The van der Waals surface area contributed by atoms with Gasteiger partial charge in [-0.25, -0.2) is 9.97 Å². The molecule has 8 heteroatoms. The molecule has 5 aromatic rings. The maximum atomic E-state index is 10.3. The largest absolute Gasteiger partial charge is 0.389 e. The third-order valence-corrected chi connectivity index (χ3v) is 5.50. The van der Waals surface area contributed by atoms with Gasteiger partial charge in [0.15, 0.2) is 5.82 Å². The number of hydrogen-bond donors (Lipinski definition) is 2. The molecule has 0 bridgehead atoms. The summed E-state index contributed by atoms with van der Waals surface area (Å²) >= 11 is 0. The van der Waals surface area contributed by atoms with Gasteiger partial charge in [-0.3, -0.25) is 9.55 Å². The molecule has 0 saturated carbocycles. The Morgan fingerprint density at radius 2 is 1.88 bits per heavy atom. The Morgan fingerprint density at radius 1 is 1.00 bits per heavy atom. The molecule has 0 aliphatic rings. The fourth-order valence-electron chi connectivity index (χ4n) is 3.77. The molecule has 1 atom stereocenters. The van der Waals surface area contributed by atoms with Gasteiger partial charge in [0, 0.05) is 29.2 Å². The Hall–Kier alpha value is -4.17. The van der Waals surface area contributed by atoms with Crippen molar-refractivity contribution in [2.45, 2.75) is 26.9 Å². The molecule has 164 valence electrons. The topological polar surface area (TPSA) is 102 Å². The van der Waals surface area contributed by atoms with E-state index >= 15 is 0 Å². The van der Waals surface area contributed by atoms with Gasteiger partial charge >= 0.3 is 0 Å². The first kappa shape index (κ1) is 20.7. The Balaban J connectivity index is 1.54. The number of fused-ring (bicyclic) bond motifs is 1. The molecule has 0 fully saturated rings. The van der Waals surface area contributed by atoms with Gasteiger partial charge in [0.2, 0.25) is 0 Å². The highest BCUT2D eigenvalue weighted by molar-refractivity contribution is 5.82. The minimum Gasteiger partial charge on any atom is -0.389 e. The predicted molar refractivity (Wildman–Crippen MR) is 128 cm³/mol. The van der Waals surface area contributed by atoms with Crippen LogP contribution in [0.25, 0.3) is 28.1 Å². The molecular formula is C25H23N7O. The van der Waals surface area contributed by atoms with Crippen LogP contribution in [-0.2, 0) is 0 Å². The highest BCUT2D eigenvalue weighted by atomic mass is 16.3. The summed E-state index contributed by atoms with van der Waals surface area (Å²) in [5, 5.41) is 21.8. The molecule has 0 aliphatic heterocycles. The molecule has 0 aliphatic carbocycles. The second kappa shape index (κ2) is 8.40. The van der Waals surface area contributed by atoms with Crippen LogP contribution in [0.5, 0.6) is 0 Å². The van der Waals surface area contributed by atoms with Gasteiger partial charge in [-0.1, -0.05) is 6.07 Å². The minimum absolute atomic E-state index is 0.646. The van der Waals surface area contributed by atoms with Crippen molar-refractivity contribution in [3.05, 3.63) is 84.1 Å². The van der Waals surface area contributed by atoms with Crippen LogP contribution in [0.1, 0.15) is 29.8 Å². The van der Waals surface area contributed by atoms with Gasteiger partial charge in [0.1, 0.15) is 12.1 Å². The number of anilines is 2. The normalized spacial score (nSPS) is 12.1. The summed E-state index contributed by atoms with van der Waals surface area (Å²) in [5.74, 6) is 1.39. The predicted octanol–water partition coefficient (Wildman–Crippen LogP) is 4.69. The molecule has 2 N–H and O–H groups in total. The summed E-state index contributed by atoms with van der Waals surface area (Å²) in [6, 6.07) is 15.5. The van der Waals surface area contributed by atoms with E-state index in [9.17, 15) is 5.11 Å². The summed E-state index contributed by atoms with van der Waals surface area (Å²) in [5.41, 5.74) is 6.92. The quantitative estimate of drug-likeness (QED) is 0.411. The zero-order valence-electron chi connectivity index (χ0n) is 18.6. The summed E-state index contributed by atoms with van der Waals surface area (Å²) < 4.78 is 1.94. The lowest BCUT2D eigenvalue weighted by Gasteiger charge is -2.15. The van der Waals surface area contributed by atoms with E-state index in [0.717, 1.165) is 50.6 Å². The standard InChI is InChI=1S/C25H23N7O/c1-15-13-26-11-10-19(15)25-20(17(3)33)6-9-24(29-25)32-14-27-21-12-18(5-7-22(21)32)28-23-8-4-16(2)30-31-23/h4-14,17,33H,1-3H3,(H,28,31). The smallest absolute Gasteiger partial charge is 0.153 e. The maximum absolute atomic E-state index is 10.3. The van der Waals surface area contributed by atoms with Crippen molar-refractivity contribution >= 4 is 22.5 Å². The summed E-state index contributed by atoms with van der Waals surface area (Å²) in [7, 11) is 0. The van der Waals surface area contributed by atoms with Gasteiger partial charge in [-0.15, -0.1) is 5.10 Å². The van der Waals surface area contributed by atoms with E-state index in [1.165, 1.54) is 0 Å². The monoisotopic (exact) mass is 437 g/mol. The van der Waals surface area contributed by atoms with Gasteiger partial charge in [0.05, 0.1) is 28.5 Å². The Labute approximate surface area is 191 Å². The molecule has 8 nitrogen and oxygen atoms in total. The molecule has 0 spiro atoms. The third-order valence-electron chi connectivity index (χ3n) is 5.50. The number of aliphatic hydroxyl groups is 1. The number of aromatic nitrogens is 6. The van der Waals surface area contributed by atoms with Gasteiger partial charge in [-0.2, -0.15) is 5.10 Å². The fourth-order valence-corrected chi connectivity index (χ4v) is 3.77. The molecule has 5 rings (SSSR count). The summed E-state index contributed by atoms with van der Waals surface area (Å²) in [6.07, 6.45) is 4.65. The summed E-state index contributed by atoms with van der Waals surface area (Å²) in [4.78, 5) is 13.7. The van der Waals surface area contributed by atoms with Gasteiger partial charge in [0.25, 0.3) is 0 Å². The van der Waals surface area contributed by atoms with Crippen molar-refractivity contribution < 1.29 is 5.11 Å². The average Bonchev–Trinajstić information content (AvgIpc) is 3.24. The second-order valence-corrected chi connectivity index (χ2v) is 7.98. The molecule has 0 amide bonds. The van der Waals surface area contributed by atoms with Crippen molar-refractivity contribution in [2.75, 3.05) is 5.32 Å². The van der Waals surface area contributed by atoms with Crippen LogP contribution in [-0.4, -0.2) is 34.8 Å². The van der Waals surface area contributed by atoms with Crippen LogP contribution in [0.3, 0.4) is 0 Å². The fraction of sp³-hybridized carbons (Fsp3) is 0.160. The van der Waals surface area contributed by atoms with Crippen LogP contribution in [0.2, 0.25) is 0 Å². The highest BCUT2D eigenvalue weighted by Crippen LogP contribution is 2.30. The molecule has 4 aromatic heterocycles. The molecule has 33 heavy (non-hydrogen) atoms. The lowest BCUT2D eigenvalue weighted by atomic mass is 10.00. The number of pyridine rings is 2. The van der Waals surface area contributed by atoms with Crippen LogP contribution < -0.4 is 5.32 Å². The lowest BCUT2D eigenvalue weighted by Crippen LogP contribution is -2.04. The zero-order valence-corrected chi connectivity index (χ0v) is 18.6. The number of aliphatic hydroxyl groups excluding tert-OH is 1. The lowest BCUT2D eigenvalue weighted by molar-refractivity contribution is 0.199. The molecule has 4 heterocycles. The van der Waals surface area contributed by atoms with Crippen molar-refractivity contribution in [3.63, 3.8) is 0 Å². The van der Waals surface area contributed by atoms with E-state index < -0.39 is 6.10 Å². The zero-order chi connectivity index (χ0) is 22.9. The van der Waals surface area contributed by atoms with E-state index in [1.807, 2.05) is 66.9 Å². The van der Waals surface area contributed by atoms with E-state index in [1.54, 1.807) is 25.6 Å². The van der Waals surface area contributed by atoms with Crippen LogP contribution in [0.4, 0.5) is 11.5 Å². The SMILES string of the molecule is Cc1ccc(Nc2ccc3c(c2)ncn3-c2ccc(C(C)O)c(-c3ccncc3C)n2)nn1. The first-order chi connectivity index (χ1) is 16.0. The molecule has 1 unspecified atom stereocenters. The van der Waals surface area contributed by atoms with E-state index in [2.05, 4.69) is 25.5 Å². The first-order valence-corrected chi connectivity index (χ1v) is 10.6. The number of nitrogens with one attached hydrogen (secondary N) is 1. The maximum Gasteiger partial charge on any atom is 0.153 e. The van der Waals surface area contributed by atoms with E-state index in [4.69, 9.17) is 4.98 Å². The number of imidazole rings is 1. The average molecular weight is 438 g/mol.